The molecule has 6 heteroatoms. The van der Waals surface area contributed by atoms with E-state index in [1.807, 2.05) is 0 Å². The molecule has 0 heterocycles. The first-order valence-electron chi connectivity index (χ1n) is 5.04. The third kappa shape index (κ3) is 3.89. The number of hydrogen-bond acceptors (Lipinski definition) is 3. The lowest BCUT2D eigenvalue weighted by molar-refractivity contribution is 0.101. The molecule has 0 saturated heterocycles. The number of rotatable bonds is 5. The smallest absolute Gasteiger partial charge is 0.180 e. The molecule has 0 saturated carbocycles. The van der Waals surface area contributed by atoms with Crippen LogP contribution in [-0.4, -0.2) is 25.7 Å². The van der Waals surface area contributed by atoms with Gasteiger partial charge in [-0.25, -0.2) is 17.2 Å². The SMILES string of the molecule is CCCS(=O)(=O)CC(=O)c1ccc(F)cc1F. The third-order valence-electron chi connectivity index (χ3n) is 2.10. The lowest BCUT2D eigenvalue weighted by atomic mass is 10.1. The predicted molar refractivity (Wildman–Crippen MR) is 59.6 cm³/mol. The first-order valence-corrected chi connectivity index (χ1v) is 6.86. The second kappa shape index (κ2) is 5.35. The van der Waals surface area contributed by atoms with Crippen LogP contribution in [0.1, 0.15) is 23.7 Å². The zero-order valence-corrected chi connectivity index (χ0v) is 10.1. The summed E-state index contributed by atoms with van der Waals surface area (Å²) < 4.78 is 48.6. The van der Waals surface area contributed by atoms with Crippen molar-refractivity contribution in [2.24, 2.45) is 0 Å². The number of halogens is 2. The van der Waals surface area contributed by atoms with E-state index in [-0.39, 0.29) is 5.75 Å². The first-order chi connectivity index (χ1) is 7.85. The molecule has 0 fully saturated rings. The van der Waals surface area contributed by atoms with Gasteiger partial charge < -0.3 is 0 Å². The lowest BCUT2D eigenvalue weighted by Gasteiger charge is -2.03. The molecule has 0 radical (unpaired) electrons. The van der Waals surface area contributed by atoms with Gasteiger partial charge in [-0.3, -0.25) is 4.79 Å². The zero-order chi connectivity index (χ0) is 13.1. The van der Waals surface area contributed by atoms with Crippen LogP contribution in [0.25, 0.3) is 0 Å². The molecule has 0 aromatic heterocycles. The van der Waals surface area contributed by atoms with Crippen LogP contribution in [0.5, 0.6) is 0 Å². The molecule has 0 N–H and O–H groups in total. The molecule has 3 nitrogen and oxygen atoms in total. The molecule has 0 atom stereocenters. The summed E-state index contributed by atoms with van der Waals surface area (Å²) in [6, 6.07) is 2.43. The minimum Gasteiger partial charge on any atom is -0.293 e. The van der Waals surface area contributed by atoms with Crippen LogP contribution in [0.3, 0.4) is 0 Å². The summed E-state index contributed by atoms with van der Waals surface area (Å²) in [5.74, 6) is -3.57. The van der Waals surface area contributed by atoms with Gasteiger partial charge in [-0.15, -0.1) is 0 Å². The van der Waals surface area contributed by atoms with Crippen LogP contribution in [0.15, 0.2) is 18.2 Å². The number of benzene rings is 1. The van der Waals surface area contributed by atoms with Crippen LogP contribution in [0.4, 0.5) is 8.78 Å². The van der Waals surface area contributed by atoms with Crippen molar-refractivity contribution in [3.8, 4) is 0 Å². The van der Waals surface area contributed by atoms with E-state index >= 15 is 0 Å². The monoisotopic (exact) mass is 262 g/mol. The summed E-state index contributed by atoms with van der Waals surface area (Å²) in [6.07, 6.45) is 0.390. The molecule has 1 rings (SSSR count). The van der Waals surface area contributed by atoms with Gasteiger partial charge in [-0.1, -0.05) is 6.92 Å². The second-order valence-corrected chi connectivity index (χ2v) is 5.82. The van der Waals surface area contributed by atoms with E-state index in [1.54, 1.807) is 6.92 Å². The van der Waals surface area contributed by atoms with Crippen molar-refractivity contribution in [1.29, 1.82) is 0 Å². The maximum absolute atomic E-state index is 13.2. The normalized spacial score (nSPS) is 11.5. The molecule has 0 spiro atoms. The fourth-order valence-electron chi connectivity index (χ4n) is 1.38. The van der Waals surface area contributed by atoms with Gasteiger partial charge in [-0.05, 0) is 18.6 Å². The van der Waals surface area contributed by atoms with Crippen molar-refractivity contribution in [2.45, 2.75) is 13.3 Å². The summed E-state index contributed by atoms with van der Waals surface area (Å²) in [7, 11) is -3.52. The van der Waals surface area contributed by atoms with E-state index < -0.39 is 38.6 Å². The van der Waals surface area contributed by atoms with Gasteiger partial charge in [0.2, 0.25) is 0 Å². The van der Waals surface area contributed by atoms with Crippen LogP contribution in [0, 0.1) is 11.6 Å². The molecule has 0 aliphatic rings. The lowest BCUT2D eigenvalue weighted by Crippen LogP contribution is -2.19. The molecule has 0 bridgehead atoms. The van der Waals surface area contributed by atoms with E-state index in [0.29, 0.717) is 12.5 Å². The molecule has 0 aliphatic heterocycles. The van der Waals surface area contributed by atoms with Gasteiger partial charge in [0.05, 0.1) is 11.3 Å². The molecule has 0 unspecified atom stereocenters. The van der Waals surface area contributed by atoms with E-state index in [4.69, 9.17) is 0 Å². The standard InChI is InChI=1S/C11H12F2O3S/c1-2-5-17(15,16)7-11(14)9-4-3-8(12)6-10(9)13/h3-4,6H,2,5,7H2,1H3. The van der Waals surface area contributed by atoms with E-state index in [1.165, 1.54) is 0 Å². The van der Waals surface area contributed by atoms with Gasteiger partial charge in [0.25, 0.3) is 0 Å². The van der Waals surface area contributed by atoms with Crippen molar-refractivity contribution in [1.82, 2.24) is 0 Å². The fraction of sp³-hybridized carbons (Fsp3) is 0.364. The largest absolute Gasteiger partial charge is 0.293 e. The number of ketones is 1. The minimum absolute atomic E-state index is 0.123. The van der Waals surface area contributed by atoms with Crippen LogP contribution >= 0.6 is 0 Å². The molecule has 94 valence electrons. The number of hydrogen-bond donors (Lipinski definition) is 0. The van der Waals surface area contributed by atoms with Crippen molar-refractivity contribution >= 4 is 15.6 Å². The van der Waals surface area contributed by atoms with Crippen molar-refractivity contribution in [2.75, 3.05) is 11.5 Å². The average Bonchev–Trinajstić information content (AvgIpc) is 2.15. The Morgan fingerprint density at radius 1 is 1.29 bits per heavy atom. The highest BCUT2D eigenvalue weighted by molar-refractivity contribution is 7.92. The summed E-state index contributed by atoms with van der Waals surface area (Å²) in [5, 5.41) is 0. The van der Waals surface area contributed by atoms with Gasteiger partial charge in [-0.2, -0.15) is 0 Å². The molecule has 17 heavy (non-hydrogen) atoms. The fourth-order valence-corrected chi connectivity index (χ4v) is 2.70. The van der Waals surface area contributed by atoms with Crippen molar-refractivity contribution < 1.29 is 22.0 Å². The quantitative estimate of drug-likeness (QED) is 0.762. The minimum atomic E-state index is -3.52. The summed E-state index contributed by atoms with van der Waals surface area (Å²) >= 11 is 0. The van der Waals surface area contributed by atoms with E-state index in [2.05, 4.69) is 0 Å². The zero-order valence-electron chi connectivity index (χ0n) is 9.24. The number of carbonyl (C=O) groups is 1. The van der Waals surface area contributed by atoms with E-state index in [9.17, 15) is 22.0 Å². The summed E-state index contributed by atoms with van der Waals surface area (Å²) in [4.78, 5) is 11.5. The molecular weight excluding hydrogens is 250 g/mol. The Balaban J connectivity index is 2.91. The molecular formula is C11H12F2O3S. The summed E-state index contributed by atoms with van der Waals surface area (Å²) in [6.45, 7) is 1.67. The maximum atomic E-state index is 13.2. The highest BCUT2D eigenvalue weighted by Gasteiger charge is 2.19. The van der Waals surface area contributed by atoms with Crippen LogP contribution in [0.2, 0.25) is 0 Å². The van der Waals surface area contributed by atoms with Gasteiger partial charge >= 0.3 is 0 Å². The average molecular weight is 262 g/mol. The Labute approximate surface area is 98.4 Å². The third-order valence-corrected chi connectivity index (χ3v) is 3.83. The van der Waals surface area contributed by atoms with Gasteiger partial charge in [0, 0.05) is 6.07 Å². The Bertz CT molecular complexity index is 524. The van der Waals surface area contributed by atoms with Crippen molar-refractivity contribution in [3.05, 3.63) is 35.4 Å². The Morgan fingerprint density at radius 3 is 2.47 bits per heavy atom. The predicted octanol–water partition coefficient (Wildman–Crippen LogP) is 1.97. The van der Waals surface area contributed by atoms with Gasteiger partial charge in [0.15, 0.2) is 15.6 Å². The maximum Gasteiger partial charge on any atom is 0.180 e. The van der Waals surface area contributed by atoms with Crippen LogP contribution in [-0.2, 0) is 9.84 Å². The molecule has 1 aromatic carbocycles. The molecule has 1 aromatic rings. The highest BCUT2D eigenvalue weighted by Crippen LogP contribution is 2.11. The number of sulfone groups is 1. The summed E-state index contributed by atoms with van der Waals surface area (Å²) in [5.41, 5.74) is -0.397. The van der Waals surface area contributed by atoms with E-state index in [0.717, 1.165) is 12.1 Å². The van der Waals surface area contributed by atoms with Gasteiger partial charge in [0.1, 0.15) is 17.4 Å². The first kappa shape index (κ1) is 13.8. The Kier molecular flexibility index (Phi) is 4.34. The van der Waals surface area contributed by atoms with Crippen LogP contribution < -0.4 is 0 Å². The Morgan fingerprint density at radius 2 is 1.94 bits per heavy atom. The molecule has 0 aliphatic carbocycles. The Hall–Kier alpha value is -1.30. The van der Waals surface area contributed by atoms with Crippen molar-refractivity contribution in [3.63, 3.8) is 0 Å². The topological polar surface area (TPSA) is 51.2 Å². The number of Topliss-reactive ketones (excluding diaryl/α,β-unsaturated/α-hetero) is 1. The highest BCUT2D eigenvalue weighted by atomic mass is 32.2. The molecule has 0 amide bonds. The number of carbonyl (C=O) groups excluding carboxylic acids is 1. The second-order valence-electron chi connectivity index (χ2n) is 3.64.